The summed E-state index contributed by atoms with van der Waals surface area (Å²) in [6.07, 6.45) is 6.38. The Bertz CT molecular complexity index is 1050. The molecule has 1 atom stereocenters. The first-order valence-electron chi connectivity index (χ1n) is 8.85. The Kier molecular flexibility index (Phi) is 3.91. The van der Waals surface area contributed by atoms with Gasteiger partial charge in [-0.1, -0.05) is 30.3 Å². The van der Waals surface area contributed by atoms with Crippen molar-refractivity contribution in [2.24, 2.45) is 0 Å². The molecule has 1 aromatic carbocycles. The van der Waals surface area contributed by atoms with Gasteiger partial charge in [-0.15, -0.1) is 0 Å². The van der Waals surface area contributed by atoms with Crippen molar-refractivity contribution in [3.63, 3.8) is 0 Å². The van der Waals surface area contributed by atoms with Gasteiger partial charge in [0.1, 0.15) is 5.65 Å². The van der Waals surface area contributed by atoms with E-state index in [1.807, 2.05) is 12.1 Å². The van der Waals surface area contributed by atoms with Gasteiger partial charge in [0.25, 0.3) is 0 Å². The maximum absolute atomic E-state index is 4.81. The topological polar surface area (TPSA) is 25.5 Å². The van der Waals surface area contributed by atoms with Gasteiger partial charge in [-0.2, -0.15) is 0 Å². The van der Waals surface area contributed by atoms with Gasteiger partial charge in [0, 0.05) is 48.4 Å². The summed E-state index contributed by atoms with van der Waals surface area (Å²) in [5.74, 6) is 0. The third-order valence-corrected chi connectivity index (χ3v) is 5.55. The van der Waals surface area contributed by atoms with Crippen LogP contribution in [0.1, 0.15) is 23.0 Å². The van der Waals surface area contributed by atoms with Gasteiger partial charge in [0.2, 0.25) is 0 Å². The summed E-state index contributed by atoms with van der Waals surface area (Å²) < 4.78 is 5.52. The standard InChI is InChI=1S/C21H19BrN4/c22-17-8-9-20-23-18(15-26(20)13-17)14-25-12-11-24-10-4-7-19(24)21(25)16-5-2-1-3-6-16/h1-10,13,15,21H,11-12,14H2. The van der Waals surface area contributed by atoms with E-state index in [1.54, 1.807) is 0 Å². The van der Waals surface area contributed by atoms with Gasteiger partial charge in [-0.05, 0) is 45.8 Å². The van der Waals surface area contributed by atoms with E-state index in [1.165, 1.54) is 11.3 Å². The molecule has 0 fully saturated rings. The van der Waals surface area contributed by atoms with Crippen molar-refractivity contribution in [1.82, 2.24) is 18.9 Å². The van der Waals surface area contributed by atoms with Crippen LogP contribution in [0.5, 0.6) is 0 Å². The zero-order valence-corrected chi connectivity index (χ0v) is 15.9. The average molecular weight is 407 g/mol. The molecule has 1 unspecified atom stereocenters. The Morgan fingerprint density at radius 3 is 2.73 bits per heavy atom. The Morgan fingerprint density at radius 1 is 0.962 bits per heavy atom. The average Bonchev–Trinajstić information content (AvgIpc) is 3.28. The van der Waals surface area contributed by atoms with Crippen molar-refractivity contribution in [2.45, 2.75) is 19.1 Å². The highest BCUT2D eigenvalue weighted by atomic mass is 79.9. The first-order valence-corrected chi connectivity index (χ1v) is 9.64. The molecule has 0 bridgehead atoms. The van der Waals surface area contributed by atoms with Crippen LogP contribution >= 0.6 is 15.9 Å². The number of nitrogens with zero attached hydrogens (tertiary/aromatic N) is 4. The molecular formula is C21H19BrN4. The van der Waals surface area contributed by atoms with Gasteiger partial charge >= 0.3 is 0 Å². The number of benzene rings is 1. The first kappa shape index (κ1) is 15.9. The van der Waals surface area contributed by atoms with Crippen LogP contribution in [-0.2, 0) is 13.1 Å². The number of hydrogen-bond donors (Lipinski definition) is 0. The van der Waals surface area contributed by atoms with E-state index in [4.69, 9.17) is 4.98 Å². The molecule has 1 aliphatic heterocycles. The minimum atomic E-state index is 0.261. The molecule has 4 heterocycles. The number of hydrogen-bond acceptors (Lipinski definition) is 2. The summed E-state index contributed by atoms with van der Waals surface area (Å²) in [7, 11) is 0. The van der Waals surface area contributed by atoms with E-state index in [2.05, 4.69) is 90.9 Å². The second-order valence-electron chi connectivity index (χ2n) is 6.76. The quantitative estimate of drug-likeness (QED) is 0.500. The molecule has 0 spiro atoms. The molecule has 26 heavy (non-hydrogen) atoms. The van der Waals surface area contributed by atoms with Gasteiger partial charge in [0.05, 0.1) is 11.7 Å². The van der Waals surface area contributed by atoms with Crippen molar-refractivity contribution in [2.75, 3.05) is 6.54 Å². The maximum Gasteiger partial charge on any atom is 0.137 e. The molecule has 0 saturated carbocycles. The minimum absolute atomic E-state index is 0.261. The number of fused-ring (bicyclic) bond motifs is 2. The highest BCUT2D eigenvalue weighted by Gasteiger charge is 2.29. The van der Waals surface area contributed by atoms with E-state index in [9.17, 15) is 0 Å². The third kappa shape index (κ3) is 2.77. The fourth-order valence-corrected chi connectivity index (χ4v) is 4.27. The molecule has 1 aliphatic rings. The Balaban J connectivity index is 1.52. The van der Waals surface area contributed by atoms with Crippen LogP contribution in [-0.4, -0.2) is 25.4 Å². The molecule has 4 aromatic rings. The van der Waals surface area contributed by atoms with E-state index in [0.717, 1.165) is 35.4 Å². The van der Waals surface area contributed by atoms with E-state index < -0.39 is 0 Å². The molecule has 0 amide bonds. The molecule has 0 N–H and O–H groups in total. The SMILES string of the molecule is Brc1ccc2nc(CN3CCn4cccc4C3c3ccccc3)cn2c1. The van der Waals surface area contributed by atoms with Crippen molar-refractivity contribution in [3.8, 4) is 0 Å². The lowest BCUT2D eigenvalue weighted by molar-refractivity contribution is 0.173. The number of imidazole rings is 1. The second kappa shape index (κ2) is 6.41. The normalized spacial score (nSPS) is 17.5. The van der Waals surface area contributed by atoms with Crippen LogP contribution in [0.15, 0.2) is 77.7 Å². The lowest BCUT2D eigenvalue weighted by Crippen LogP contribution is -2.38. The molecule has 0 radical (unpaired) electrons. The molecule has 130 valence electrons. The van der Waals surface area contributed by atoms with Crippen LogP contribution in [0.2, 0.25) is 0 Å². The number of rotatable bonds is 3. The minimum Gasteiger partial charge on any atom is -0.348 e. The van der Waals surface area contributed by atoms with Gasteiger partial charge < -0.3 is 8.97 Å². The summed E-state index contributed by atoms with van der Waals surface area (Å²) >= 11 is 3.53. The smallest absolute Gasteiger partial charge is 0.137 e. The predicted octanol–water partition coefficient (Wildman–Crippen LogP) is 4.50. The number of halogens is 1. The molecule has 5 heteroatoms. The van der Waals surface area contributed by atoms with Crippen molar-refractivity contribution in [3.05, 3.63) is 94.6 Å². The Labute approximate surface area is 160 Å². The summed E-state index contributed by atoms with van der Waals surface area (Å²) in [6.45, 7) is 2.87. The molecule has 0 saturated heterocycles. The summed E-state index contributed by atoms with van der Waals surface area (Å²) in [6, 6.07) is 19.5. The summed E-state index contributed by atoms with van der Waals surface area (Å²) in [5, 5.41) is 0. The van der Waals surface area contributed by atoms with Crippen molar-refractivity contribution < 1.29 is 0 Å². The zero-order chi connectivity index (χ0) is 17.5. The van der Waals surface area contributed by atoms with Crippen molar-refractivity contribution in [1.29, 1.82) is 0 Å². The van der Waals surface area contributed by atoms with Crippen LogP contribution < -0.4 is 0 Å². The van der Waals surface area contributed by atoms with Gasteiger partial charge in [0.15, 0.2) is 0 Å². The molecule has 4 nitrogen and oxygen atoms in total. The lowest BCUT2D eigenvalue weighted by Gasteiger charge is -2.37. The summed E-state index contributed by atoms with van der Waals surface area (Å²) in [4.78, 5) is 7.34. The van der Waals surface area contributed by atoms with Crippen LogP contribution in [0.4, 0.5) is 0 Å². The van der Waals surface area contributed by atoms with Gasteiger partial charge in [-0.3, -0.25) is 4.90 Å². The highest BCUT2D eigenvalue weighted by Crippen LogP contribution is 2.33. The van der Waals surface area contributed by atoms with Crippen LogP contribution in [0, 0.1) is 0 Å². The third-order valence-electron chi connectivity index (χ3n) is 5.08. The van der Waals surface area contributed by atoms with E-state index in [0.29, 0.717) is 0 Å². The molecule has 0 aliphatic carbocycles. The monoisotopic (exact) mass is 406 g/mol. The largest absolute Gasteiger partial charge is 0.348 e. The van der Waals surface area contributed by atoms with Crippen LogP contribution in [0.3, 0.4) is 0 Å². The number of aromatic nitrogens is 3. The maximum atomic E-state index is 4.81. The van der Waals surface area contributed by atoms with Gasteiger partial charge in [-0.25, -0.2) is 4.98 Å². The van der Waals surface area contributed by atoms with E-state index >= 15 is 0 Å². The first-order chi connectivity index (χ1) is 12.8. The molecular weight excluding hydrogens is 388 g/mol. The Hall–Kier alpha value is -2.37. The fraction of sp³-hybridized carbons (Fsp3) is 0.190. The van der Waals surface area contributed by atoms with Crippen molar-refractivity contribution >= 4 is 21.6 Å². The zero-order valence-electron chi connectivity index (χ0n) is 14.3. The molecule has 3 aromatic heterocycles. The molecule has 5 rings (SSSR count). The summed E-state index contributed by atoms with van der Waals surface area (Å²) in [5.41, 5.74) is 4.77. The van der Waals surface area contributed by atoms with Crippen LogP contribution in [0.25, 0.3) is 5.65 Å². The van der Waals surface area contributed by atoms with E-state index in [-0.39, 0.29) is 6.04 Å². The highest BCUT2D eigenvalue weighted by molar-refractivity contribution is 9.10. The fourth-order valence-electron chi connectivity index (χ4n) is 3.92. The predicted molar refractivity (Wildman–Crippen MR) is 106 cm³/mol. The number of pyridine rings is 1. The Morgan fingerprint density at radius 2 is 1.85 bits per heavy atom. The second-order valence-corrected chi connectivity index (χ2v) is 7.67. The lowest BCUT2D eigenvalue weighted by atomic mass is 10.00.